The normalized spacial score (nSPS) is 11.4. The molecule has 166 valence electrons. The molecular weight excluding hydrogens is 442 g/mol. The number of thioether (sulfide) groups is 1. The van der Waals surface area contributed by atoms with Gasteiger partial charge < -0.3 is 15.6 Å². The number of nitrogens with zero attached hydrogens (tertiary/aromatic N) is 5. The summed E-state index contributed by atoms with van der Waals surface area (Å²) in [5.74, 6) is -0.399. The van der Waals surface area contributed by atoms with Crippen LogP contribution in [0.2, 0.25) is 0 Å². The van der Waals surface area contributed by atoms with Crippen LogP contribution in [-0.4, -0.2) is 54.4 Å². The molecule has 0 aliphatic heterocycles. The molecule has 0 saturated carbocycles. The Bertz CT molecular complexity index is 1290. The Morgan fingerprint density at radius 1 is 1.28 bits per heavy atom. The first kappa shape index (κ1) is 21.7. The van der Waals surface area contributed by atoms with E-state index in [-0.39, 0.29) is 40.5 Å². The van der Waals surface area contributed by atoms with Crippen LogP contribution in [0, 0.1) is 0 Å². The van der Waals surface area contributed by atoms with Gasteiger partial charge >= 0.3 is 6.61 Å². The van der Waals surface area contributed by atoms with Gasteiger partial charge in [0.2, 0.25) is 0 Å². The minimum Gasteiger partial charge on any atom is -0.434 e. The highest BCUT2D eigenvalue weighted by Gasteiger charge is 2.26. The van der Waals surface area contributed by atoms with Gasteiger partial charge in [0.1, 0.15) is 22.7 Å². The Morgan fingerprint density at radius 2 is 2.09 bits per heavy atom. The number of alkyl halides is 2. The predicted molar refractivity (Wildman–Crippen MR) is 114 cm³/mol. The molecule has 0 aliphatic carbocycles. The molecule has 0 spiro atoms. The number of fused-ring (bicyclic) bond motifs is 1. The number of carbonyl (C=O) groups is 1. The summed E-state index contributed by atoms with van der Waals surface area (Å²) in [6.07, 6.45) is 4.74. The minimum atomic E-state index is -3.04. The van der Waals surface area contributed by atoms with Crippen LogP contribution in [0.1, 0.15) is 10.4 Å². The SMILES string of the molecule is Cn1cc(-c2nn3cccnc3c2C(N)=O)c(-c2cc(SCCO)ccc2OC(F)F)n1. The molecule has 3 heterocycles. The first-order valence-corrected chi connectivity index (χ1v) is 10.4. The smallest absolute Gasteiger partial charge is 0.387 e. The van der Waals surface area contributed by atoms with E-state index in [0.29, 0.717) is 11.3 Å². The number of amides is 1. The van der Waals surface area contributed by atoms with Gasteiger partial charge in [0.25, 0.3) is 5.91 Å². The highest BCUT2D eigenvalue weighted by Crippen LogP contribution is 2.40. The van der Waals surface area contributed by atoms with Crippen LogP contribution in [0.3, 0.4) is 0 Å². The van der Waals surface area contributed by atoms with E-state index in [1.165, 1.54) is 33.2 Å². The number of ether oxygens (including phenoxy) is 1. The van der Waals surface area contributed by atoms with Crippen LogP contribution in [-0.2, 0) is 7.05 Å². The Labute approximate surface area is 184 Å². The molecule has 4 aromatic rings. The lowest BCUT2D eigenvalue weighted by Crippen LogP contribution is -2.12. The van der Waals surface area contributed by atoms with Gasteiger partial charge in [0.15, 0.2) is 5.65 Å². The number of aliphatic hydroxyl groups excluding tert-OH is 1. The van der Waals surface area contributed by atoms with E-state index in [4.69, 9.17) is 15.6 Å². The summed E-state index contributed by atoms with van der Waals surface area (Å²) in [7, 11) is 1.66. The average Bonchev–Trinajstić information content (AvgIpc) is 3.33. The van der Waals surface area contributed by atoms with E-state index < -0.39 is 12.5 Å². The number of aryl methyl sites for hydroxylation is 1. The maximum absolute atomic E-state index is 13.1. The van der Waals surface area contributed by atoms with Crippen LogP contribution >= 0.6 is 11.8 Å². The molecule has 9 nitrogen and oxygen atoms in total. The fraction of sp³-hybridized carbons (Fsp3) is 0.200. The topological polar surface area (TPSA) is 121 Å². The van der Waals surface area contributed by atoms with Gasteiger partial charge in [0.05, 0.1) is 6.61 Å². The number of benzene rings is 1. The molecule has 12 heteroatoms. The van der Waals surface area contributed by atoms with Crippen LogP contribution in [0.15, 0.2) is 47.8 Å². The van der Waals surface area contributed by atoms with Crippen molar-refractivity contribution >= 4 is 23.3 Å². The monoisotopic (exact) mass is 460 g/mol. The van der Waals surface area contributed by atoms with Gasteiger partial charge in [-0.05, 0) is 24.3 Å². The summed E-state index contributed by atoms with van der Waals surface area (Å²) in [5.41, 5.74) is 7.15. The lowest BCUT2D eigenvalue weighted by atomic mass is 10.0. The van der Waals surface area contributed by atoms with Crippen molar-refractivity contribution in [2.24, 2.45) is 12.8 Å². The number of rotatable bonds is 8. The van der Waals surface area contributed by atoms with Crippen molar-refractivity contribution in [3.8, 4) is 28.3 Å². The lowest BCUT2D eigenvalue weighted by molar-refractivity contribution is -0.0494. The Balaban J connectivity index is 1.95. The van der Waals surface area contributed by atoms with Crippen LogP contribution in [0.4, 0.5) is 8.78 Å². The molecule has 0 radical (unpaired) electrons. The first-order valence-electron chi connectivity index (χ1n) is 9.39. The van der Waals surface area contributed by atoms with Crippen molar-refractivity contribution < 1.29 is 23.4 Å². The van der Waals surface area contributed by atoms with Crippen LogP contribution in [0.25, 0.3) is 28.2 Å². The molecular formula is C20H18F2N6O3S. The number of hydrogen-bond donors (Lipinski definition) is 2. The molecule has 32 heavy (non-hydrogen) atoms. The number of aliphatic hydroxyl groups is 1. The summed E-state index contributed by atoms with van der Waals surface area (Å²) in [5, 5.41) is 18.0. The van der Waals surface area contributed by atoms with Crippen molar-refractivity contribution in [3.63, 3.8) is 0 Å². The Morgan fingerprint density at radius 3 is 2.81 bits per heavy atom. The molecule has 4 rings (SSSR count). The number of nitrogens with two attached hydrogens (primary N) is 1. The van der Waals surface area contributed by atoms with Crippen LogP contribution in [0.5, 0.6) is 5.75 Å². The summed E-state index contributed by atoms with van der Waals surface area (Å²) >= 11 is 1.35. The zero-order valence-corrected chi connectivity index (χ0v) is 17.6. The van der Waals surface area contributed by atoms with E-state index >= 15 is 0 Å². The molecule has 3 N–H and O–H groups in total. The quantitative estimate of drug-likeness (QED) is 0.388. The largest absolute Gasteiger partial charge is 0.434 e. The fourth-order valence-electron chi connectivity index (χ4n) is 3.31. The first-order chi connectivity index (χ1) is 15.4. The van der Waals surface area contributed by atoms with Crippen LogP contribution < -0.4 is 10.5 Å². The number of aromatic nitrogens is 5. The number of primary amides is 1. The number of halogens is 2. The summed E-state index contributed by atoms with van der Waals surface area (Å²) < 4.78 is 33.8. The third-order valence-corrected chi connectivity index (χ3v) is 5.48. The van der Waals surface area contributed by atoms with Crippen molar-refractivity contribution in [3.05, 3.63) is 48.4 Å². The van der Waals surface area contributed by atoms with E-state index in [9.17, 15) is 13.6 Å². The number of hydrogen-bond acceptors (Lipinski definition) is 7. The maximum Gasteiger partial charge on any atom is 0.387 e. The third kappa shape index (κ3) is 4.14. The molecule has 0 aliphatic rings. The predicted octanol–water partition coefficient (Wildman–Crippen LogP) is 2.58. The maximum atomic E-state index is 13.1. The second-order valence-corrected chi connectivity index (χ2v) is 7.82. The van der Waals surface area contributed by atoms with E-state index in [1.807, 2.05) is 0 Å². The van der Waals surface area contributed by atoms with Crippen molar-refractivity contribution in [2.45, 2.75) is 11.5 Å². The van der Waals surface area contributed by atoms with Crippen molar-refractivity contribution in [1.82, 2.24) is 24.4 Å². The average molecular weight is 460 g/mol. The standard InChI is InChI=1S/C20H18F2N6O3S/c1-27-10-13(17-15(18(23)30)19-24-5-2-6-28(19)26-17)16(25-27)12-9-11(32-8-7-29)3-4-14(12)31-20(21)22/h2-6,9-10,20,29H,7-8H2,1H3,(H2,23,30). The minimum absolute atomic E-state index is 0.0413. The summed E-state index contributed by atoms with van der Waals surface area (Å²) in [6.45, 7) is -3.09. The Hall–Kier alpha value is -3.51. The van der Waals surface area contributed by atoms with E-state index in [1.54, 1.807) is 37.6 Å². The zero-order chi connectivity index (χ0) is 22.8. The zero-order valence-electron chi connectivity index (χ0n) is 16.8. The molecule has 0 atom stereocenters. The molecule has 0 unspecified atom stereocenters. The number of carbonyl (C=O) groups excluding carboxylic acids is 1. The van der Waals surface area contributed by atoms with Gasteiger partial charge in [-0.15, -0.1) is 11.8 Å². The molecule has 1 aromatic carbocycles. The second kappa shape index (κ2) is 8.93. The Kier molecular flexibility index (Phi) is 6.06. The summed E-state index contributed by atoms with van der Waals surface area (Å²) in [6, 6.07) is 6.32. The third-order valence-electron chi connectivity index (χ3n) is 4.51. The molecule has 0 fully saturated rings. The molecule has 0 bridgehead atoms. The van der Waals surface area contributed by atoms with Gasteiger partial charge in [-0.2, -0.15) is 19.0 Å². The highest BCUT2D eigenvalue weighted by molar-refractivity contribution is 7.99. The van der Waals surface area contributed by atoms with Gasteiger partial charge in [-0.1, -0.05) is 0 Å². The van der Waals surface area contributed by atoms with Crippen molar-refractivity contribution in [1.29, 1.82) is 0 Å². The van der Waals surface area contributed by atoms with E-state index in [2.05, 4.69) is 15.2 Å². The molecule has 0 saturated heterocycles. The van der Waals surface area contributed by atoms with Crippen molar-refractivity contribution in [2.75, 3.05) is 12.4 Å². The highest BCUT2D eigenvalue weighted by atomic mass is 32.2. The second-order valence-electron chi connectivity index (χ2n) is 6.65. The summed E-state index contributed by atoms with van der Waals surface area (Å²) in [4.78, 5) is 17.2. The fourth-order valence-corrected chi connectivity index (χ4v) is 4.00. The van der Waals surface area contributed by atoms with Gasteiger partial charge in [-0.25, -0.2) is 9.50 Å². The molecule has 3 aromatic heterocycles. The lowest BCUT2D eigenvalue weighted by Gasteiger charge is -2.12. The van der Waals surface area contributed by atoms with Gasteiger partial charge in [-0.3, -0.25) is 9.48 Å². The van der Waals surface area contributed by atoms with Gasteiger partial charge in [0, 0.05) is 47.4 Å². The molecule has 1 amide bonds. The van der Waals surface area contributed by atoms with E-state index in [0.717, 1.165) is 4.90 Å².